The molecule has 0 saturated carbocycles. The van der Waals surface area contributed by atoms with Crippen molar-refractivity contribution in [1.82, 2.24) is 20.4 Å². The van der Waals surface area contributed by atoms with Gasteiger partial charge in [0, 0.05) is 18.2 Å². The summed E-state index contributed by atoms with van der Waals surface area (Å²) in [5, 5.41) is 7.26. The van der Waals surface area contributed by atoms with E-state index < -0.39 is 0 Å². The maximum atomic E-state index is 12.5. The molecule has 1 N–H and O–H groups in total. The van der Waals surface area contributed by atoms with Crippen molar-refractivity contribution < 1.29 is 9.32 Å². The van der Waals surface area contributed by atoms with E-state index in [4.69, 9.17) is 4.52 Å². The zero-order valence-electron chi connectivity index (χ0n) is 18.4. The lowest BCUT2D eigenvalue weighted by Crippen LogP contribution is -2.44. The topological polar surface area (TPSA) is 71.3 Å². The molecule has 1 aliphatic rings. The Morgan fingerprint density at radius 3 is 2.69 bits per heavy atom. The number of piperidine rings is 1. The molecule has 0 radical (unpaired) electrons. The first-order chi connectivity index (χ1) is 13.8. The third kappa shape index (κ3) is 5.66. The number of nitrogens with zero attached hydrogens (tertiary/aromatic N) is 3. The van der Waals surface area contributed by atoms with Gasteiger partial charge in [0.2, 0.25) is 17.6 Å². The molecule has 0 aliphatic carbocycles. The summed E-state index contributed by atoms with van der Waals surface area (Å²) in [6, 6.07) is 8.56. The molecule has 0 spiro atoms. The van der Waals surface area contributed by atoms with E-state index in [2.05, 4.69) is 60.2 Å². The molecule has 2 atom stereocenters. The van der Waals surface area contributed by atoms with E-state index >= 15 is 0 Å². The molecule has 3 rings (SSSR count). The van der Waals surface area contributed by atoms with Crippen LogP contribution in [-0.2, 0) is 16.8 Å². The highest BCUT2D eigenvalue weighted by molar-refractivity contribution is 5.79. The summed E-state index contributed by atoms with van der Waals surface area (Å²) in [7, 11) is 0. The number of benzene rings is 1. The van der Waals surface area contributed by atoms with Gasteiger partial charge in [0.05, 0.1) is 12.5 Å². The van der Waals surface area contributed by atoms with Crippen molar-refractivity contribution in [2.24, 2.45) is 5.92 Å². The minimum Gasteiger partial charge on any atom is -0.353 e. The van der Waals surface area contributed by atoms with E-state index in [0.29, 0.717) is 18.3 Å². The minimum absolute atomic E-state index is 0.0325. The van der Waals surface area contributed by atoms with Gasteiger partial charge in [0.15, 0.2) is 0 Å². The number of hydrogen-bond acceptors (Lipinski definition) is 5. The van der Waals surface area contributed by atoms with Crippen molar-refractivity contribution in [3.8, 4) is 11.4 Å². The first-order valence-electron chi connectivity index (χ1n) is 10.7. The summed E-state index contributed by atoms with van der Waals surface area (Å²) >= 11 is 0. The van der Waals surface area contributed by atoms with Crippen LogP contribution in [0.25, 0.3) is 11.4 Å². The van der Waals surface area contributed by atoms with E-state index in [1.54, 1.807) is 0 Å². The van der Waals surface area contributed by atoms with Crippen molar-refractivity contribution >= 4 is 5.91 Å². The van der Waals surface area contributed by atoms with Crippen LogP contribution in [0.4, 0.5) is 0 Å². The van der Waals surface area contributed by atoms with Gasteiger partial charge in [-0.3, -0.25) is 9.69 Å². The van der Waals surface area contributed by atoms with Crippen LogP contribution in [0.1, 0.15) is 65.3 Å². The van der Waals surface area contributed by atoms with Crippen molar-refractivity contribution in [3.05, 3.63) is 35.7 Å². The van der Waals surface area contributed by atoms with Crippen LogP contribution in [0.5, 0.6) is 0 Å². The zero-order valence-corrected chi connectivity index (χ0v) is 18.4. The molecule has 1 amide bonds. The van der Waals surface area contributed by atoms with Gasteiger partial charge in [0.25, 0.3) is 0 Å². The Hall–Kier alpha value is -2.21. The van der Waals surface area contributed by atoms with Crippen LogP contribution in [0.3, 0.4) is 0 Å². The molecule has 2 heterocycles. The van der Waals surface area contributed by atoms with E-state index in [-0.39, 0.29) is 23.3 Å². The molecule has 29 heavy (non-hydrogen) atoms. The van der Waals surface area contributed by atoms with Crippen LogP contribution in [-0.4, -0.2) is 40.1 Å². The minimum atomic E-state index is 0.0325. The van der Waals surface area contributed by atoms with E-state index in [1.165, 1.54) is 5.56 Å². The molecule has 2 unspecified atom stereocenters. The van der Waals surface area contributed by atoms with Crippen molar-refractivity contribution in [1.29, 1.82) is 0 Å². The highest BCUT2D eigenvalue weighted by Crippen LogP contribution is 2.25. The van der Waals surface area contributed by atoms with E-state index in [1.807, 2.05) is 19.1 Å². The fourth-order valence-corrected chi connectivity index (χ4v) is 3.62. The monoisotopic (exact) mass is 398 g/mol. The number of carbonyl (C=O) groups is 1. The second kappa shape index (κ2) is 9.08. The smallest absolute Gasteiger partial charge is 0.241 e. The first-order valence-corrected chi connectivity index (χ1v) is 10.7. The van der Waals surface area contributed by atoms with E-state index in [9.17, 15) is 4.79 Å². The number of hydrogen-bond donors (Lipinski definition) is 1. The Kier molecular flexibility index (Phi) is 6.73. The molecule has 6 nitrogen and oxygen atoms in total. The van der Waals surface area contributed by atoms with Gasteiger partial charge in [0.1, 0.15) is 0 Å². The van der Waals surface area contributed by atoms with Gasteiger partial charge in [-0.25, -0.2) is 0 Å². The van der Waals surface area contributed by atoms with Crippen LogP contribution in [0, 0.1) is 5.92 Å². The van der Waals surface area contributed by atoms with Gasteiger partial charge < -0.3 is 9.84 Å². The molecule has 0 bridgehead atoms. The van der Waals surface area contributed by atoms with Crippen molar-refractivity contribution in [2.75, 3.05) is 13.1 Å². The van der Waals surface area contributed by atoms with Gasteiger partial charge >= 0.3 is 0 Å². The number of amides is 1. The molecule has 6 heteroatoms. The second-order valence-electron chi connectivity index (χ2n) is 9.23. The standard InChI is InChI=1S/C23H34N4O2/c1-6-16(2)24-22(28)18-8-7-13-27(14-18)15-20-25-21(26-29-20)17-9-11-19(12-10-17)23(3,4)5/h9-12,16,18H,6-8,13-15H2,1-5H3,(H,24,28). The number of aromatic nitrogens is 2. The predicted molar refractivity (Wildman–Crippen MR) is 114 cm³/mol. The lowest BCUT2D eigenvalue weighted by molar-refractivity contribution is -0.127. The molecule has 1 aliphatic heterocycles. The summed E-state index contributed by atoms with van der Waals surface area (Å²) < 4.78 is 5.49. The maximum absolute atomic E-state index is 12.5. The Morgan fingerprint density at radius 2 is 2.03 bits per heavy atom. The molecule has 1 aromatic heterocycles. The SMILES string of the molecule is CCC(C)NC(=O)C1CCCN(Cc2nc(-c3ccc(C(C)(C)C)cc3)no2)C1. The quantitative estimate of drug-likeness (QED) is 0.791. The summed E-state index contributed by atoms with van der Waals surface area (Å²) in [4.78, 5) is 19.3. The van der Waals surface area contributed by atoms with Gasteiger partial charge in [-0.1, -0.05) is 57.1 Å². The first kappa shape index (κ1) is 21.5. The summed E-state index contributed by atoms with van der Waals surface area (Å²) in [5.41, 5.74) is 2.35. The average Bonchev–Trinajstić information content (AvgIpc) is 3.16. The van der Waals surface area contributed by atoms with Gasteiger partial charge in [-0.2, -0.15) is 4.98 Å². The van der Waals surface area contributed by atoms with Crippen LogP contribution in [0.2, 0.25) is 0 Å². The zero-order chi connectivity index (χ0) is 21.0. The van der Waals surface area contributed by atoms with E-state index in [0.717, 1.165) is 37.9 Å². The van der Waals surface area contributed by atoms with Gasteiger partial charge in [-0.15, -0.1) is 0 Å². The van der Waals surface area contributed by atoms with Crippen LogP contribution < -0.4 is 5.32 Å². The third-order valence-corrected chi connectivity index (χ3v) is 5.71. The highest BCUT2D eigenvalue weighted by atomic mass is 16.5. The molecular weight excluding hydrogens is 364 g/mol. The lowest BCUT2D eigenvalue weighted by atomic mass is 9.87. The Labute approximate surface area is 174 Å². The van der Waals surface area contributed by atoms with Gasteiger partial charge in [-0.05, 0) is 43.7 Å². The highest BCUT2D eigenvalue weighted by Gasteiger charge is 2.27. The Morgan fingerprint density at radius 1 is 1.31 bits per heavy atom. The number of rotatable bonds is 6. The Bertz CT molecular complexity index is 807. The van der Waals surface area contributed by atoms with Crippen LogP contribution in [0.15, 0.2) is 28.8 Å². The summed E-state index contributed by atoms with van der Waals surface area (Å²) in [6.07, 6.45) is 2.89. The molecule has 158 valence electrons. The second-order valence-corrected chi connectivity index (χ2v) is 9.23. The molecule has 1 fully saturated rings. The predicted octanol–water partition coefficient (Wildman–Crippen LogP) is 4.16. The largest absolute Gasteiger partial charge is 0.353 e. The van der Waals surface area contributed by atoms with Crippen molar-refractivity contribution in [2.45, 2.75) is 71.9 Å². The molecule has 2 aromatic rings. The van der Waals surface area contributed by atoms with Crippen molar-refractivity contribution in [3.63, 3.8) is 0 Å². The summed E-state index contributed by atoms with van der Waals surface area (Å²) in [5.74, 6) is 1.41. The molecule has 1 saturated heterocycles. The number of carbonyl (C=O) groups excluding carboxylic acids is 1. The van der Waals surface area contributed by atoms with Crippen LogP contribution >= 0.6 is 0 Å². The average molecular weight is 399 g/mol. The Balaban J connectivity index is 1.60. The molecule has 1 aromatic carbocycles. The lowest BCUT2D eigenvalue weighted by Gasteiger charge is -2.31. The fourth-order valence-electron chi connectivity index (χ4n) is 3.62. The maximum Gasteiger partial charge on any atom is 0.241 e. The molecular formula is C23H34N4O2. The normalized spacial score (nSPS) is 19.1. The number of likely N-dealkylation sites (tertiary alicyclic amines) is 1. The third-order valence-electron chi connectivity index (χ3n) is 5.71. The fraction of sp³-hybridized carbons (Fsp3) is 0.609. The number of nitrogens with one attached hydrogen (secondary N) is 1. The summed E-state index contributed by atoms with van der Waals surface area (Å²) in [6.45, 7) is 13.0.